The summed E-state index contributed by atoms with van der Waals surface area (Å²) >= 11 is 0. The Hall–Kier alpha value is -1.06. The van der Waals surface area contributed by atoms with Gasteiger partial charge in [-0.2, -0.15) is 0 Å². The molecule has 1 aromatic carbocycles. The maximum absolute atomic E-state index is 5.75. The molecule has 0 aromatic heterocycles. The second-order valence-corrected chi connectivity index (χ2v) is 4.60. The van der Waals surface area contributed by atoms with Gasteiger partial charge in [0.05, 0.1) is 6.61 Å². The van der Waals surface area contributed by atoms with Crippen molar-refractivity contribution in [2.24, 2.45) is 0 Å². The van der Waals surface area contributed by atoms with Crippen LogP contribution in [0.4, 0.5) is 0 Å². The summed E-state index contributed by atoms with van der Waals surface area (Å²) in [7, 11) is 0. The molecule has 0 aliphatic rings. The predicted octanol–water partition coefficient (Wildman–Crippen LogP) is 2.99. The fourth-order valence-electron chi connectivity index (χ4n) is 1.56. The maximum atomic E-state index is 5.75. The number of ether oxygens (including phenoxy) is 2. The molecule has 0 saturated carbocycles. The van der Waals surface area contributed by atoms with Crippen LogP contribution in [0.15, 0.2) is 24.3 Å². The zero-order valence-corrected chi connectivity index (χ0v) is 11.7. The molecule has 0 atom stereocenters. The van der Waals surface area contributed by atoms with Crippen LogP contribution in [-0.4, -0.2) is 25.9 Å². The summed E-state index contributed by atoms with van der Waals surface area (Å²) in [5, 5.41) is 3.40. The van der Waals surface area contributed by atoms with Crippen LogP contribution >= 0.6 is 0 Å². The predicted molar refractivity (Wildman–Crippen MR) is 75.0 cm³/mol. The third kappa shape index (κ3) is 6.03. The minimum absolute atomic E-state index is 0.478. The van der Waals surface area contributed by atoms with Gasteiger partial charge in [0, 0.05) is 24.8 Å². The van der Waals surface area contributed by atoms with E-state index in [9.17, 15) is 0 Å². The fraction of sp³-hybridized carbons (Fsp3) is 0.600. The molecule has 1 N–H and O–H groups in total. The van der Waals surface area contributed by atoms with Crippen molar-refractivity contribution in [2.45, 2.75) is 39.8 Å². The molecular weight excluding hydrogens is 226 g/mol. The number of hydrogen-bond acceptors (Lipinski definition) is 3. The Morgan fingerprint density at radius 1 is 1.11 bits per heavy atom. The van der Waals surface area contributed by atoms with Crippen molar-refractivity contribution in [3.8, 4) is 5.75 Å². The maximum Gasteiger partial charge on any atom is 0.123 e. The third-order valence-electron chi connectivity index (χ3n) is 2.51. The number of hydrogen-bond donors (Lipinski definition) is 1. The van der Waals surface area contributed by atoms with Gasteiger partial charge in [-0.1, -0.05) is 39.0 Å². The summed E-state index contributed by atoms with van der Waals surface area (Å²) in [4.78, 5) is 0. The van der Waals surface area contributed by atoms with Crippen molar-refractivity contribution >= 4 is 0 Å². The lowest BCUT2D eigenvalue weighted by molar-refractivity contribution is 0.100. The molecule has 1 aromatic rings. The van der Waals surface area contributed by atoms with Crippen molar-refractivity contribution in [3.05, 3.63) is 29.8 Å². The van der Waals surface area contributed by atoms with Gasteiger partial charge in [-0.25, -0.2) is 0 Å². The summed E-state index contributed by atoms with van der Waals surface area (Å²) in [6.07, 6.45) is 1.05. The SMILES string of the molecule is CCCOCCOc1ccccc1CNC(C)C. The second kappa shape index (κ2) is 8.95. The summed E-state index contributed by atoms with van der Waals surface area (Å²) < 4.78 is 11.2. The summed E-state index contributed by atoms with van der Waals surface area (Å²) in [6.45, 7) is 9.29. The molecule has 102 valence electrons. The van der Waals surface area contributed by atoms with Gasteiger partial charge in [-0.3, -0.25) is 0 Å². The molecule has 18 heavy (non-hydrogen) atoms. The van der Waals surface area contributed by atoms with Crippen molar-refractivity contribution in [2.75, 3.05) is 19.8 Å². The molecule has 0 saturated heterocycles. The van der Waals surface area contributed by atoms with Gasteiger partial charge < -0.3 is 14.8 Å². The quantitative estimate of drug-likeness (QED) is 0.684. The molecule has 0 unspecified atom stereocenters. The van der Waals surface area contributed by atoms with E-state index in [1.807, 2.05) is 18.2 Å². The second-order valence-electron chi connectivity index (χ2n) is 4.60. The van der Waals surface area contributed by atoms with E-state index >= 15 is 0 Å². The molecule has 0 spiro atoms. The lowest BCUT2D eigenvalue weighted by Crippen LogP contribution is -2.22. The van der Waals surface area contributed by atoms with E-state index in [-0.39, 0.29) is 0 Å². The van der Waals surface area contributed by atoms with Crippen molar-refractivity contribution < 1.29 is 9.47 Å². The highest BCUT2D eigenvalue weighted by molar-refractivity contribution is 5.33. The lowest BCUT2D eigenvalue weighted by atomic mass is 10.2. The topological polar surface area (TPSA) is 30.5 Å². The molecule has 3 heteroatoms. The standard InChI is InChI=1S/C15H25NO2/c1-4-9-17-10-11-18-15-8-6-5-7-14(15)12-16-13(2)3/h5-8,13,16H,4,9-12H2,1-3H3. The van der Waals surface area contributed by atoms with Gasteiger partial charge in [-0.05, 0) is 12.5 Å². The highest BCUT2D eigenvalue weighted by Gasteiger charge is 2.03. The highest BCUT2D eigenvalue weighted by atomic mass is 16.5. The van der Waals surface area contributed by atoms with Crippen LogP contribution in [0.25, 0.3) is 0 Å². The van der Waals surface area contributed by atoms with E-state index < -0.39 is 0 Å². The molecule has 0 heterocycles. The Bertz CT molecular complexity index is 326. The Balaban J connectivity index is 2.38. The molecule has 0 aliphatic carbocycles. The number of nitrogens with one attached hydrogen (secondary N) is 1. The Labute approximate surface area is 110 Å². The molecule has 3 nitrogen and oxygen atoms in total. The van der Waals surface area contributed by atoms with Gasteiger partial charge in [-0.15, -0.1) is 0 Å². The Morgan fingerprint density at radius 2 is 1.89 bits per heavy atom. The van der Waals surface area contributed by atoms with E-state index in [0.717, 1.165) is 25.3 Å². The van der Waals surface area contributed by atoms with Crippen LogP contribution in [0, 0.1) is 0 Å². The minimum Gasteiger partial charge on any atom is -0.491 e. The number of benzene rings is 1. The molecule has 1 rings (SSSR count). The van der Waals surface area contributed by atoms with Crippen molar-refractivity contribution in [1.82, 2.24) is 5.32 Å². The summed E-state index contributed by atoms with van der Waals surface area (Å²) in [5.74, 6) is 0.950. The average Bonchev–Trinajstić information content (AvgIpc) is 2.37. The number of rotatable bonds is 9. The largest absolute Gasteiger partial charge is 0.491 e. The molecule has 0 fully saturated rings. The van der Waals surface area contributed by atoms with Gasteiger partial charge in [0.15, 0.2) is 0 Å². The smallest absolute Gasteiger partial charge is 0.123 e. The van der Waals surface area contributed by atoms with E-state index in [0.29, 0.717) is 19.3 Å². The van der Waals surface area contributed by atoms with Gasteiger partial charge >= 0.3 is 0 Å². The van der Waals surface area contributed by atoms with Crippen molar-refractivity contribution in [1.29, 1.82) is 0 Å². The van der Waals surface area contributed by atoms with E-state index in [4.69, 9.17) is 9.47 Å². The monoisotopic (exact) mass is 251 g/mol. The average molecular weight is 251 g/mol. The first-order valence-electron chi connectivity index (χ1n) is 6.76. The summed E-state index contributed by atoms with van der Waals surface area (Å²) in [5.41, 5.74) is 1.20. The van der Waals surface area contributed by atoms with Gasteiger partial charge in [0.2, 0.25) is 0 Å². The normalized spacial score (nSPS) is 10.9. The first-order valence-corrected chi connectivity index (χ1v) is 6.76. The zero-order chi connectivity index (χ0) is 13.2. The molecule has 0 aliphatic heterocycles. The minimum atomic E-state index is 0.478. The first-order chi connectivity index (χ1) is 8.74. The third-order valence-corrected chi connectivity index (χ3v) is 2.51. The van der Waals surface area contributed by atoms with Crippen LogP contribution in [0.2, 0.25) is 0 Å². The van der Waals surface area contributed by atoms with Gasteiger partial charge in [0.25, 0.3) is 0 Å². The fourth-order valence-corrected chi connectivity index (χ4v) is 1.56. The molecule has 0 bridgehead atoms. The number of para-hydroxylation sites is 1. The van der Waals surface area contributed by atoms with Crippen LogP contribution in [-0.2, 0) is 11.3 Å². The Kier molecular flexibility index (Phi) is 7.46. The van der Waals surface area contributed by atoms with E-state index in [1.54, 1.807) is 0 Å². The Morgan fingerprint density at radius 3 is 2.61 bits per heavy atom. The van der Waals surface area contributed by atoms with Gasteiger partial charge in [0.1, 0.15) is 12.4 Å². The lowest BCUT2D eigenvalue weighted by Gasteiger charge is -2.13. The van der Waals surface area contributed by atoms with E-state index in [2.05, 4.69) is 32.2 Å². The van der Waals surface area contributed by atoms with Crippen LogP contribution in [0.1, 0.15) is 32.8 Å². The van der Waals surface area contributed by atoms with E-state index in [1.165, 1.54) is 5.56 Å². The molecular formula is C15H25NO2. The molecule has 0 amide bonds. The van der Waals surface area contributed by atoms with Crippen molar-refractivity contribution in [3.63, 3.8) is 0 Å². The van der Waals surface area contributed by atoms with Crippen LogP contribution in [0.5, 0.6) is 5.75 Å². The first kappa shape index (κ1) is 15.0. The molecule has 0 radical (unpaired) electrons. The summed E-state index contributed by atoms with van der Waals surface area (Å²) in [6, 6.07) is 8.62. The van der Waals surface area contributed by atoms with Crippen LogP contribution < -0.4 is 10.1 Å². The highest BCUT2D eigenvalue weighted by Crippen LogP contribution is 2.17. The van der Waals surface area contributed by atoms with Crippen LogP contribution in [0.3, 0.4) is 0 Å². The zero-order valence-electron chi connectivity index (χ0n) is 11.7.